The van der Waals surface area contributed by atoms with Crippen molar-refractivity contribution in [3.05, 3.63) is 0 Å². The van der Waals surface area contributed by atoms with E-state index in [4.69, 9.17) is 10.2 Å². The molecule has 0 bridgehead atoms. The first-order valence-electron chi connectivity index (χ1n) is 5.50. The van der Waals surface area contributed by atoms with E-state index in [2.05, 4.69) is 10.6 Å². The van der Waals surface area contributed by atoms with E-state index in [0.717, 1.165) is 25.8 Å². The van der Waals surface area contributed by atoms with Crippen LogP contribution in [0.5, 0.6) is 0 Å². The molecule has 5 nitrogen and oxygen atoms in total. The van der Waals surface area contributed by atoms with Crippen molar-refractivity contribution in [2.45, 2.75) is 38.9 Å². The van der Waals surface area contributed by atoms with Crippen molar-refractivity contribution < 1.29 is 15.0 Å². The van der Waals surface area contributed by atoms with Crippen LogP contribution >= 0.6 is 0 Å². The number of aliphatic hydroxyl groups is 2. The highest BCUT2D eigenvalue weighted by molar-refractivity contribution is 5.77. The monoisotopic (exact) mass is 218 g/mol. The number of likely N-dealkylation sites (N-methyl/N-ethyl adjacent to an activating group) is 1. The number of unbranched alkanes of at least 4 members (excludes halogenated alkanes) is 2. The van der Waals surface area contributed by atoms with Crippen LogP contribution in [-0.2, 0) is 4.79 Å². The van der Waals surface area contributed by atoms with Crippen molar-refractivity contribution in [2.75, 3.05) is 19.6 Å². The highest BCUT2D eigenvalue weighted by Crippen LogP contribution is 2.00. The molecule has 0 spiro atoms. The van der Waals surface area contributed by atoms with E-state index in [1.807, 2.05) is 6.92 Å². The highest BCUT2D eigenvalue weighted by atomic mass is 16.5. The Morgan fingerprint density at radius 3 is 2.60 bits per heavy atom. The molecule has 0 aliphatic rings. The summed E-state index contributed by atoms with van der Waals surface area (Å²) in [6.07, 6.45) is 1.77. The van der Waals surface area contributed by atoms with Gasteiger partial charge in [0.15, 0.2) is 6.29 Å². The predicted octanol–water partition coefficient (Wildman–Crippen LogP) is -0.417. The summed E-state index contributed by atoms with van der Waals surface area (Å²) < 4.78 is 0. The molecule has 15 heavy (non-hydrogen) atoms. The molecular weight excluding hydrogens is 196 g/mol. The fourth-order valence-electron chi connectivity index (χ4n) is 1.16. The first kappa shape index (κ1) is 14.3. The Morgan fingerprint density at radius 2 is 2.00 bits per heavy atom. The van der Waals surface area contributed by atoms with Crippen molar-refractivity contribution in [1.29, 1.82) is 0 Å². The lowest BCUT2D eigenvalue weighted by molar-refractivity contribution is -0.120. The Balaban J connectivity index is 3.13. The second kappa shape index (κ2) is 9.89. The smallest absolute Gasteiger partial charge is 0.233 e. The minimum atomic E-state index is -1.20. The molecule has 0 aliphatic heterocycles. The second-order valence-electron chi connectivity index (χ2n) is 3.46. The molecule has 4 N–H and O–H groups in total. The topological polar surface area (TPSA) is 81.6 Å². The van der Waals surface area contributed by atoms with Crippen LogP contribution in [-0.4, -0.2) is 42.0 Å². The van der Waals surface area contributed by atoms with Crippen molar-refractivity contribution in [3.8, 4) is 0 Å². The molecule has 0 atom stereocenters. The molecule has 1 amide bonds. The van der Waals surface area contributed by atoms with E-state index in [1.54, 1.807) is 0 Å². The van der Waals surface area contributed by atoms with Crippen LogP contribution in [0.25, 0.3) is 0 Å². The van der Waals surface area contributed by atoms with Gasteiger partial charge in [0.05, 0.1) is 6.54 Å². The van der Waals surface area contributed by atoms with Gasteiger partial charge in [0.2, 0.25) is 5.91 Å². The van der Waals surface area contributed by atoms with Crippen LogP contribution in [0.4, 0.5) is 0 Å². The van der Waals surface area contributed by atoms with Crippen molar-refractivity contribution in [1.82, 2.24) is 10.6 Å². The minimum absolute atomic E-state index is 0.0130. The van der Waals surface area contributed by atoms with Crippen LogP contribution in [0.3, 0.4) is 0 Å². The van der Waals surface area contributed by atoms with Crippen molar-refractivity contribution in [2.24, 2.45) is 0 Å². The van der Waals surface area contributed by atoms with Gasteiger partial charge in [-0.2, -0.15) is 0 Å². The summed E-state index contributed by atoms with van der Waals surface area (Å²) in [5, 5.41) is 22.9. The Hall–Kier alpha value is -0.650. The van der Waals surface area contributed by atoms with E-state index in [0.29, 0.717) is 19.5 Å². The normalized spacial score (nSPS) is 10.7. The van der Waals surface area contributed by atoms with Gasteiger partial charge in [0.25, 0.3) is 0 Å². The molecule has 0 radical (unpaired) electrons. The fourth-order valence-corrected chi connectivity index (χ4v) is 1.16. The SMILES string of the molecule is CCNCC(=O)NCCCCCC(O)O. The summed E-state index contributed by atoms with van der Waals surface area (Å²) in [6, 6.07) is 0. The zero-order valence-corrected chi connectivity index (χ0v) is 9.33. The molecule has 0 rings (SSSR count). The highest BCUT2D eigenvalue weighted by Gasteiger charge is 1.99. The molecular formula is C10H22N2O3. The molecule has 0 fully saturated rings. The summed E-state index contributed by atoms with van der Waals surface area (Å²) in [6.45, 7) is 3.77. The Morgan fingerprint density at radius 1 is 1.27 bits per heavy atom. The van der Waals surface area contributed by atoms with E-state index >= 15 is 0 Å². The van der Waals surface area contributed by atoms with E-state index in [-0.39, 0.29) is 5.91 Å². The van der Waals surface area contributed by atoms with Gasteiger partial charge in [-0.05, 0) is 25.8 Å². The van der Waals surface area contributed by atoms with Crippen LogP contribution < -0.4 is 10.6 Å². The fraction of sp³-hybridized carbons (Fsp3) is 0.900. The molecule has 0 aliphatic carbocycles. The zero-order valence-electron chi connectivity index (χ0n) is 9.33. The molecule has 0 heterocycles. The largest absolute Gasteiger partial charge is 0.368 e. The lowest BCUT2D eigenvalue weighted by Crippen LogP contribution is -2.34. The van der Waals surface area contributed by atoms with Gasteiger partial charge < -0.3 is 20.8 Å². The number of carbonyl (C=O) groups is 1. The number of aliphatic hydroxyl groups excluding tert-OH is 1. The molecule has 0 aromatic carbocycles. The number of amides is 1. The summed E-state index contributed by atoms with van der Waals surface area (Å²) in [5.41, 5.74) is 0. The van der Waals surface area contributed by atoms with Gasteiger partial charge in [-0.3, -0.25) is 4.79 Å². The molecule has 90 valence electrons. The second-order valence-corrected chi connectivity index (χ2v) is 3.46. The number of rotatable bonds is 9. The summed E-state index contributed by atoms with van der Waals surface area (Å²) in [7, 11) is 0. The maximum absolute atomic E-state index is 11.1. The maximum Gasteiger partial charge on any atom is 0.233 e. The molecule has 0 aromatic heterocycles. The number of carbonyl (C=O) groups excluding carboxylic acids is 1. The lowest BCUT2D eigenvalue weighted by Gasteiger charge is -2.06. The number of hydrogen-bond acceptors (Lipinski definition) is 4. The van der Waals surface area contributed by atoms with E-state index < -0.39 is 6.29 Å². The van der Waals surface area contributed by atoms with Gasteiger partial charge in [-0.1, -0.05) is 13.3 Å². The standard InChI is InChI=1S/C10H22N2O3/c1-2-11-8-9(13)12-7-5-3-4-6-10(14)15/h10-11,14-15H,2-8H2,1H3,(H,12,13). The average Bonchev–Trinajstić information content (AvgIpc) is 2.19. The van der Waals surface area contributed by atoms with Gasteiger partial charge in [0, 0.05) is 6.54 Å². The van der Waals surface area contributed by atoms with Crippen LogP contribution in [0.1, 0.15) is 32.6 Å². The van der Waals surface area contributed by atoms with Crippen molar-refractivity contribution >= 4 is 5.91 Å². The van der Waals surface area contributed by atoms with Crippen molar-refractivity contribution in [3.63, 3.8) is 0 Å². The third kappa shape index (κ3) is 11.3. The number of hydrogen-bond donors (Lipinski definition) is 4. The average molecular weight is 218 g/mol. The number of nitrogens with one attached hydrogen (secondary N) is 2. The summed E-state index contributed by atoms with van der Waals surface area (Å²) >= 11 is 0. The molecule has 0 saturated heterocycles. The van der Waals surface area contributed by atoms with Crippen LogP contribution in [0, 0.1) is 0 Å². The Labute approximate surface area is 90.9 Å². The zero-order chi connectivity index (χ0) is 11.5. The van der Waals surface area contributed by atoms with Crippen LogP contribution in [0.2, 0.25) is 0 Å². The lowest BCUT2D eigenvalue weighted by atomic mass is 10.2. The summed E-state index contributed by atoms with van der Waals surface area (Å²) in [4.78, 5) is 11.1. The van der Waals surface area contributed by atoms with Gasteiger partial charge >= 0.3 is 0 Å². The van der Waals surface area contributed by atoms with Gasteiger partial charge in [-0.15, -0.1) is 0 Å². The van der Waals surface area contributed by atoms with E-state index in [9.17, 15) is 4.79 Å². The molecule has 0 unspecified atom stereocenters. The molecule has 0 aromatic rings. The Bertz CT molecular complexity index is 163. The summed E-state index contributed by atoms with van der Waals surface area (Å²) in [5.74, 6) is 0.0130. The first-order chi connectivity index (χ1) is 7.16. The quantitative estimate of drug-likeness (QED) is 0.313. The maximum atomic E-state index is 11.1. The molecule has 5 heteroatoms. The Kier molecular flexibility index (Phi) is 9.46. The third-order valence-electron chi connectivity index (χ3n) is 2.00. The first-order valence-corrected chi connectivity index (χ1v) is 5.50. The molecule has 0 saturated carbocycles. The third-order valence-corrected chi connectivity index (χ3v) is 2.00. The van der Waals surface area contributed by atoms with Gasteiger partial charge in [0.1, 0.15) is 0 Å². The van der Waals surface area contributed by atoms with E-state index in [1.165, 1.54) is 0 Å². The van der Waals surface area contributed by atoms with Crippen LogP contribution in [0.15, 0.2) is 0 Å². The van der Waals surface area contributed by atoms with Gasteiger partial charge in [-0.25, -0.2) is 0 Å². The minimum Gasteiger partial charge on any atom is -0.368 e. The predicted molar refractivity (Wildman–Crippen MR) is 58.2 cm³/mol.